The Balaban J connectivity index is 2.13. The maximum absolute atomic E-state index is 12.6. The molecular weight excluding hydrogens is 255 g/mol. The van der Waals surface area contributed by atoms with Crippen LogP contribution in [-0.4, -0.2) is 12.7 Å². The van der Waals surface area contributed by atoms with Gasteiger partial charge in [-0.05, 0) is 43.4 Å². The molecule has 1 aromatic carbocycles. The summed E-state index contributed by atoms with van der Waals surface area (Å²) in [5, 5.41) is 0. The van der Waals surface area contributed by atoms with E-state index in [0.29, 0.717) is 12.0 Å². The second-order valence-corrected chi connectivity index (χ2v) is 5.17. The van der Waals surface area contributed by atoms with Crippen molar-refractivity contribution in [1.82, 2.24) is 0 Å². The molecule has 0 aliphatic heterocycles. The van der Waals surface area contributed by atoms with Crippen molar-refractivity contribution >= 4 is 0 Å². The minimum Gasteiger partial charge on any atom is -0.378 e. The van der Waals surface area contributed by atoms with E-state index in [2.05, 4.69) is 0 Å². The van der Waals surface area contributed by atoms with Gasteiger partial charge in [0.25, 0.3) is 0 Å². The normalized spacial score (nSPS) is 19.8. The van der Waals surface area contributed by atoms with Crippen LogP contribution in [0.1, 0.15) is 42.9 Å². The Labute approximate surface area is 110 Å². The summed E-state index contributed by atoms with van der Waals surface area (Å²) in [4.78, 5) is 0. The Hall–Kier alpha value is -1.07. The van der Waals surface area contributed by atoms with Crippen molar-refractivity contribution in [2.24, 2.45) is 5.73 Å². The second kappa shape index (κ2) is 5.13. The Morgan fingerprint density at radius 3 is 2.53 bits per heavy atom. The molecule has 5 heteroatoms. The van der Waals surface area contributed by atoms with E-state index in [0.717, 1.165) is 31.4 Å². The van der Waals surface area contributed by atoms with Crippen molar-refractivity contribution in [2.45, 2.75) is 43.5 Å². The highest BCUT2D eigenvalue weighted by Gasteiger charge is 2.39. The molecule has 1 saturated carbocycles. The minimum absolute atomic E-state index is 0.242. The number of halogens is 3. The maximum Gasteiger partial charge on any atom is 0.416 e. The lowest BCUT2D eigenvalue weighted by Crippen LogP contribution is -2.41. The van der Waals surface area contributed by atoms with Gasteiger partial charge in [0.1, 0.15) is 0 Å². The van der Waals surface area contributed by atoms with Crippen molar-refractivity contribution in [2.75, 3.05) is 7.11 Å². The zero-order valence-corrected chi connectivity index (χ0v) is 10.8. The molecule has 19 heavy (non-hydrogen) atoms. The maximum atomic E-state index is 12.6. The summed E-state index contributed by atoms with van der Waals surface area (Å²) >= 11 is 0. The summed E-state index contributed by atoms with van der Waals surface area (Å²) in [6.45, 7) is 0. The highest BCUT2D eigenvalue weighted by atomic mass is 19.4. The number of methoxy groups -OCH3 is 1. The van der Waals surface area contributed by atoms with Crippen LogP contribution in [-0.2, 0) is 10.9 Å². The number of nitrogens with two attached hydrogens (primary N) is 1. The molecule has 2 rings (SSSR count). The van der Waals surface area contributed by atoms with Crippen LogP contribution < -0.4 is 5.73 Å². The first-order chi connectivity index (χ1) is 8.86. The number of hydrogen-bond donors (Lipinski definition) is 1. The Bertz CT molecular complexity index is 435. The van der Waals surface area contributed by atoms with Crippen molar-refractivity contribution in [3.8, 4) is 0 Å². The molecule has 1 aliphatic rings. The summed E-state index contributed by atoms with van der Waals surface area (Å²) in [6.07, 6.45) is -0.828. The molecule has 1 unspecified atom stereocenters. The van der Waals surface area contributed by atoms with Crippen molar-refractivity contribution in [1.29, 1.82) is 0 Å². The lowest BCUT2D eigenvalue weighted by molar-refractivity contribution is -0.137. The van der Waals surface area contributed by atoms with Crippen molar-refractivity contribution in [3.05, 3.63) is 35.4 Å². The van der Waals surface area contributed by atoms with E-state index in [1.54, 1.807) is 13.2 Å². The van der Waals surface area contributed by atoms with Crippen molar-refractivity contribution in [3.63, 3.8) is 0 Å². The van der Waals surface area contributed by atoms with Gasteiger partial charge in [0, 0.05) is 13.2 Å². The first kappa shape index (κ1) is 14.3. The topological polar surface area (TPSA) is 35.2 Å². The monoisotopic (exact) mass is 273 g/mol. The fourth-order valence-corrected chi connectivity index (χ4v) is 2.53. The van der Waals surface area contributed by atoms with Crippen LogP contribution >= 0.6 is 0 Å². The van der Waals surface area contributed by atoms with Gasteiger partial charge in [-0.1, -0.05) is 12.1 Å². The predicted octanol–water partition coefficient (Wildman–Crippen LogP) is 3.66. The molecule has 0 amide bonds. The molecular formula is C14H18F3NO. The minimum atomic E-state index is -4.33. The third kappa shape index (κ3) is 3.09. The Morgan fingerprint density at radius 1 is 1.37 bits per heavy atom. The SMILES string of the molecule is COC1(CC(N)c2cccc(C(F)(F)F)c2)CCC1. The zero-order valence-electron chi connectivity index (χ0n) is 10.8. The second-order valence-electron chi connectivity index (χ2n) is 5.17. The van der Waals surface area contributed by atoms with Gasteiger partial charge in [-0.25, -0.2) is 0 Å². The van der Waals surface area contributed by atoms with Crippen LogP contribution in [0.4, 0.5) is 13.2 Å². The molecule has 0 saturated heterocycles. The molecule has 106 valence electrons. The summed E-state index contributed by atoms with van der Waals surface area (Å²) in [7, 11) is 1.64. The first-order valence-corrected chi connectivity index (χ1v) is 6.34. The van der Waals surface area contributed by atoms with Gasteiger partial charge in [0.05, 0.1) is 11.2 Å². The third-order valence-corrected chi connectivity index (χ3v) is 3.93. The van der Waals surface area contributed by atoms with E-state index >= 15 is 0 Å². The molecule has 0 heterocycles. The number of hydrogen-bond acceptors (Lipinski definition) is 2. The van der Waals surface area contributed by atoms with Crippen LogP contribution in [0.5, 0.6) is 0 Å². The summed E-state index contributed by atoms with van der Waals surface area (Å²) < 4.78 is 43.4. The molecule has 0 spiro atoms. The van der Waals surface area contributed by atoms with Gasteiger partial charge in [-0.2, -0.15) is 13.2 Å². The van der Waals surface area contributed by atoms with Gasteiger partial charge in [-0.3, -0.25) is 0 Å². The van der Waals surface area contributed by atoms with Crippen LogP contribution in [0.25, 0.3) is 0 Å². The van der Waals surface area contributed by atoms with Crippen molar-refractivity contribution < 1.29 is 17.9 Å². The first-order valence-electron chi connectivity index (χ1n) is 6.34. The summed E-state index contributed by atoms with van der Waals surface area (Å²) in [6, 6.07) is 4.81. The molecule has 0 bridgehead atoms. The van der Waals surface area contributed by atoms with E-state index in [4.69, 9.17) is 10.5 Å². The van der Waals surface area contributed by atoms with E-state index in [-0.39, 0.29) is 5.60 Å². The third-order valence-electron chi connectivity index (χ3n) is 3.93. The van der Waals surface area contributed by atoms with E-state index in [1.165, 1.54) is 6.07 Å². The van der Waals surface area contributed by atoms with Gasteiger partial charge in [-0.15, -0.1) is 0 Å². The number of ether oxygens (including phenoxy) is 1. The van der Waals surface area contributed by atoms with Crippen LogP contribution in [0.2, 0.25) is 0 Å². The summed E-state index contributed by atoms with van der Waals surface area (Å²) in [5.41, 5.74) is 5.65. The standard InChI is InChI=1S/C14H18F3NO/c1-19-13(6-3-7-13)9-12(18)10-4-2-5-11(8-10)14(15,16)17/h2,4-5,8,12H,3,6-7,9,18H2,1H3. The smallest absolute Gasteiger partial charge is 0.378 e. The number of benzene rings is 1. The molecule has 1 aromatic rings. The van der Waals surface area contributed by atoms with Crippen LogP contribution in [0.3, 0.4) is 0 Å². The van der Waals surface area contributed by atoms with Gasteiger partial charge in [0.2, 0.25) is 0 Å². The molecule has 2 nitrogen and oxygen atoms in total. The largest absolute Gasteiger partial charge is 0.416 e. The fraction of sp³-hybridized carbons (Fsp3) is 0.571. The summed E-state index contributed by atoms with van der Waals surface area (Å²) in [5.74, 6) is 0. The van der Waals surface area contributed by atoms with Gasteiger partial charge in [0.15, 0.2) is 0 Å². The Morgan fingerprint density at radius 2 is 2.05 bits per heavy atom. The number of rotatable bonds is 4. The van der Waals surface area contributed by atoms with E-state index in [9.17, 15) is 13.2 Å². The molecule has 1 atom stereocenters. The highest BCUT2D eigenvalue weighted by molar-refractivity contribution is 5.28. The highest BCUT2D eigenvalue weighted by Crippen LogP contribution is 2.41. The molecule has 2 N–H and O–H groups in total. The lowest BCUT2D eigenvalue weighted by atomic mass is 9.75. The predicted molar refractivity (Wildman–Crippen MR) is 66.6 cm³/mol. The average molecular weight is 273 g/mol. The zero-order chi connectivity index (χ0) is 14.1. The van der Waals surface area contributed by atoms with Gasteiger partial charge >= 0.3 is 6.18 Å². The average Bonchev–Trinajstić information content (AvgIpc) is 2.32. The quantitative estimate of drug-likeness (QED) is 0.908. The molecule has 1 aliphatic carbocycles. The fourth-order valence-electron chi connectivity index (χ4n) is 2.53. The molecule has 1 fully saturated rings. The van der Waals surface area contributed by atoms with Gasteiger partial charge < -0.3 is 10.5 Å². The lowest BCUT2D eigenvalue weighted by Gasteiger charge is -2.42. The number of alkyl halides is 3. The van der Waals surface area contributed by atoms with E-state index in [1.807, 2.05) is 0 Å². The van der Waals surface area contributed by atoms with E-state index < -0.39 is 17.8 Å². The van der Waals surface area contributed by atoms with Crippen LogP contribution in [0.15, 0.2) is 24.3 Å². The van der Waals surface area contributed by atoms with Crippen LogP contribution in [0, 0.1) is 0 Å². The molecule has 0 aromatic heterocycles. The Kier molecular flexibility index (Phi) is 3.87. The molecule has 0 radical (unpaired) electrons.